The Morgan fingerprint density at radius 2 is 1.86 bits per heavy atom. The van der Waals surface area contributed by atoms with E-state index in [1.165, 1.54) is 0 Å². The van der Waals surface area contributed by atoms with E-state index in [0.29, 0.717) is 0 Å². The van der Waals surface area contributed by atoms with Crippen LogP contribution >= 0.6 is 0 Å². The molecule has 1 saturated heterocycles. The number of benzene rings is 1. The maximum absolute atomic E-state index is 9.87. The summed E-state index contributed by atoms with van der Waals surface area (Å²) in [6.07, 6.45) is -6.20. The first kappa shape index (κ1) is 15.7. The van der Waals surface area contributed by atoms with Crippen LogP contribution in [-0.4, -0.2) is 52.6 Å². The van der Waals surface area contributed by atoms with Gasteiger partial charge in [-0.25, -0.2) is 0 Å². The van der Waals surface area contributed by atoms with Gasteiger partial charge in [-0.05, 0) is 11.1 Å². The summed E-state index contributed by atoms with van der Waals surface area (Å²) in [5.41, 5.74) is 9.17. The molecular formula is C13H17N3O5. The summed E-state index contributed by atoms with van der Waals surface area (Å²) in [7, 11) is 0. The molecular weight excluding hydrogens is 278 g/mol. The molecule has 1 fully saturated rings. The Labute approximate surface area is 121 Å². The molecule has 0 saturated carbocycles. The second-order valence-corrected chi connectivity index (χ2v) is 4.72. The van der Waals surface area contributed by atoms with Crippen molar-refractivity contribution in [3.05, 3.63) is 46.3 Å². The lowest BCUT2D eigenvalue weighted by molar-refractivity contribution is -0.297. The molecule has 0 aliphatic carbocycles. The zero-order chi connectivity index (χ0) is 15.2. The van der Waals surface area contributed by atoms with Gasteiger partial charge in [0, 0.05) is 4.91 Å². The largest absolute Gasteiger partial charge is 0.388 e. The summed E-state index contributed by atoms with van der Waals surface area (Å²) in [5.74, 6) is 0. The molecule has 0 spiro atoms. The highest BCUT2D eigenvalue weighted by Gasteiger charge is 2.43. The van der Waals surface area contributed by atoms with Crippen LogP contribution in [0, 0.1) is 0 Å². The van der Waals surface area contributed by atoms with Crippen LogP contribution in [0.1, 0.15) is 5.56 Å². The number of ether oxygens (including phenoxy) is 2. The molecule has 0 aromatic heterocycles. The second-order valence-electron chi connectivity index (χ2n) is 4.72. The maximum Gasteiger partial charge on any atom is 0.186 e. The summed E-state index contributed by atoms with van der Waals surface area (Å²) >= 11 is 0. The quantitative estimate of drug-likeness (QED) is 0.409. The molecule has 0 bridgehead atoms. The predicted molar refractivity (Wildman–Crippen MR) is 71.9 cm³/mol. The van der Waals surface area contributed by atoms with Crippen LogP contribution < -0.4 is 0 Å². The van der Waals surface area contributed by atoms with E-state index in [2.05, 4.69) is 10.0 Å². The fraction of sp³-hybridized carbons (Fsp3) is 0.538. The van der Waals surface area contributed by atoms with Crippen molar-refractivity contribution in [3.63, 3.8) is 0 Å². The molecule has 1 aromatic rings. The summed E-state index contributed by atoms with van der Waals surface area (Å²) < 4.78 is 10.8. The normalized spacial score (nSPS) is 32.4. The molecule has 1 aliphatic rings. The van der Waals surface area contributed by atoms with Crippen LogP contribution in [0.2, 0.25) is 0 Å². The van der Waals surface area contributed by atoms with E-state index in [0.717, 1.165) is 5.56 Å². The van der Waals surface area contributed by atoms with Gasteiger partial charge in [-0.3, -0.25) is 0 Å². The van der Waals surface area contributed by atoms with E-state index in [1.54, 1.807) is 0 Å². The number of hydrogen-bond donors (Lipinski definition) is 3. The van der Waals surface area contributed by atoms with E-state index in [-0.39, 0.29) is 13.2 Å². The van der Waals surface area contributed by atoms with Crippen LogP contribution in [0.25, 0.3) is 10.4 Å². The Morgan fingerprint density at radius 3 is 2.52 bits per heavy atom. The summed E-state index contributed by atoms with van der Waals surface area (Å²) in [6, 6.07) is 9.25. The number of aliphatic hydroxyl groups is 3. The van der Waals surface area contributed by atoms with Crippen molar-refractivity contribution in [2.45, 2.75) is 37.3 Å². The molecule has 3 N–H and O–H groups in total. The van der Waals surface area contributed by atoms with Crippen LogP contribution in [0.15, 0.2) is 35.4 Å². The number of aliphatic hydroxyl groups excluding tert-OH is 3. The van der Waals surface area contributed by atoms with Crippen LogP contribution in [-0.2, 0) is 16.1 Å². The Balaban J connectivity index is 1.98. The summed E-state index contributed by atoms with van der Waals surface area (Å²) in [4.78, 5) is 2.58. The van der Waals surface area contributed by atoms with Gasteiger partial charge < -0.3 is 24.8 Å². The van der Waals surface area contributed by atoms with Crippen LogP contribution in [0.5, 0.6) is 0 Å². The summed E-state index contributed by atoms with van der Waals surface area (Å²) in [5, 5.41) is 32.7. The Bertz CT molecular complexity index is 494. The minimum absolute atomic E-state index is 0.160. The molecule has 21 heavy (non-hydrogen) atoms. The average Bonchev–Trinajstić information content (AvgIpc) is 2.52. The molecule has 0 amide bonds. The van der Waals surface area contributed by atoms with Crippen molar-refractivity contribution >= 4 is 0 Å². The van der Waals surface area contributed by atoms with Gasteiger partial charge in [0.1, 0.15) is 18.3 Å². The van der Waals surface area contributed by atoms with Crippen LogP contribution in [0.4, 0.5) is 0 Å². The fourth-order valence-corrected chi connectivity index (χ4v) is 2.07. The van der Waals surface area contributed by atoms with Crippen molar-refractivity contribution in [1.82, 2.24) is 0 Å². The Hall–Kier alpha value is -1.67. The van der Waals surface area contributed by atoms with E-state index in [4.69, 9.17) is 15.0 Å². The third kappa shape index (κ3) is 3.92. The topological polar surface area (TPSA) is 128 Å². The van der Waals surface area contributed by atoms with Gasteiger partial charge >= 0.3 is 0 Å². The second kappa shape index (κ2) is 7.37. The number of azide groups is 1. The number of nitrogens with zero attached hydrogens (tertiary/aromatic N) is 3. The standard InChI is InChI=1S/C13H17N3O5/c14-16-15-6-9-10(17)11(18)12(19)13(21-9)20-7-8-4-2-1-3-5-8/h1-5,9-13,17-19H,6-7H2/t9-,10+,11+,12-,13?/m1/s1. The van der Waals surface area contributed by atoms with E-state index >= 15 is 0 Å². The first-order chi connectivity index (χ1) is 10.1. The van der Waals surface area contributed by atoms with Crippen molar-refractivity contribution in [3.8, 4) is 0 Å². The molecule has 0 radical (unpaired) electrons. The van der Waals surface area contributed by atoms with Crippen molar-refractivity contribution in [2.75, 3.05) is 6.54 Å². The van der Waals surface area contributed by atoms with Gasteiger partial charge in [0.2, 0.25) is 0 Å². The third-order valence-corrected chi connectivity index (χ3v) is 3.25. The van der Waals surface area contributed by atoms with E-state index in [1.807, 2.05) is 30.3 Å². The lowest BCUT2D eigenvalue weighted by atomic mass is 9.99. The minimum Gasteiger partial charge on any atom is -0.388 e. The van der Waals surface area contributed by atoms with Crippen molar-refractivity contribution in [1.29, 1.82) is 0 Å². The smallest absolute Gasteiger partial charge is 0.186 e. The summed E-state index contributed by atoms with van der Waals surface area (Å²) in [6.45, 7) is 0.0201. The molecule has 5 atom stereocenters. The lowest BCUT2D eigenvalue weighted by Crippen LogP contribution is -2.58. The number of rotatable bonds is 5. The molecule has 8 nitrogen and oxygen atoms in total. The van der Waals surface area contributed by atoms with Gasteiger partial charge in [0.15, 0.2) is 6.29 Å². The molecule has 2 rings (SSSR count). The first-order valence-corrected chi connectivity index (χ1v) is 6.49. The van der Waals surface area contributed by atoms with Gasteiger partial charge in [-0.1, -0.05) is 35.4 Å². The molecule has 1 unspecified atom stereocenters. The monoisotopic (exact) mass is 295 g/mol. The minimum atomic E-state index is -1.43. The lowest BCUT2D eigenvalue weighted by Gasteiger charge is -2.39. The average molecular weight is 295 g/mol. The fourth-order valence-electron chi connectivity index (χ4n) is 2.07. The first-order valence-electron chi connectivity index (χ1n) is 6.49. The zero-order valence-electron chi connectivity index (χ0n) is 11.2. The highest BCUT2D eigenvalue weighted by Crippen LogP contribution is 2.23. The van der Waals surface area contributed by atoms with Crippen molar-refractivity contribution in [2.24, 2.45) is 5.11 Å². The third-order valence-electron chi connectivity index (χ3n) is 3.25. The van der Waals surface area contributed by atoms with Gasteiger partial charge in [-0.2, -0.15) is 0 Å². The molecule has 114 valence electrons. The molecule has 1 heterocycles. The van der Waals surface area contributed by atoms with E-state index < -0.39 is 30.7 Å². The molecule has 1 aromatic carbocycles. The van der Waals surface area contributed by atoms with Crippen LogP contribution in [0.3, 0.4) is 0 Å². The zero-order valence-corrected chi connectivity index (χ0v) is 11.2. The van der Waals surface area contributed by atoms with E-state index in [9.17, 15) is 15.3 Å². The van der Waals surface area contributed by atoms with Crippen molar-refractivity contribution < 1.29 is 24.8 Å². The number of hydrogen-bond acceptors (Lipinski definition) is 6. The molecule has 1 aliphatic heterocycles. The predicted octanol–water partition coefficient (Wildman–Crippen LogP) is 0.321. The maximum atomic E-state index is 9.87. The Morgan fingerprint density at radius 1 is 1.14 bits per heavy atom. The SMILES string of the molecule is [N-]=[N+]=NC[C@H]1OC(OCc2ccccc2)[C@H](O)[C@@H](O)[C@H]1O. The van der Waals surface area contributed by atoms with Gasteiger partial charge in [0.25, 0.3) is 0 Å². The van der Waals surface area contributed by atoms with Gasteiger partial charge in [0.05, 0.1) is 19.3 Å². The molecule has 8 heteroatoms. The highest BCUT2D eigenvalue weighted by molar-refractivity contribution is 5.13. The highest BCUT2D eigenvalue weighted by atomic mass is 16.7. The Kier molecular flexibility index (Phi) is 5.51. The van der Waals surface area contributed by atoms with Gasteiger partial charge in [-0.15, -0.1) is 0 Å².